The lowest BCUT2D eigenvalue weighted by molar-refractivity contribution is -0.140. The number of thioether (sulfide) groups is 1. The van der Waals surface area contributed by atoms with Gasteiger partial charge in [0.15, 0.2) is 0 Å². The SMILES string of the molecule is CC(C)Sc1ccc(NCC(C)C(=O)O)cc1. The molecule has 1 atom stereocenters. The molecule has 0 saturated carbocycles. The highest BCUT2D eigenvalue weighted by Crippen LogP contribution is 2.24. The quantitative estimate of drug-likeness (QED) is 0.764. The fraction of sp³-hybridized carbons (Fsp3) is 0.462. The summed E-state index contributed by atoms with van der Waals surface area (Å²) in [4.78, 5) is 11.9. The minimum Gasteiger partial charge on any atom is -0.481 e. The number of anilines is 1. The molecular formula is C13H19NO2S. The molecule has 0 saturated heterocycles. The first kappa shape index (κ1) is 13.9. The summed E-state index contributed by atoms with van der Waals surface area (Å²) in [5.41, 5.74) is 0.964. The third-order valence-electron chi connectivity index (χ3n) is 2.26. The summed E-state index contributed by atoms with van der Waals surface area (Å²) >= 11 is 1.81. The molecule has 4 heteroatoms. The van der Waals surface area contributed by atoms with Crippen LogP contribution in [0, 0.1) is 5.92 Å². The monoisotopic (exact) mass is 253 g/mol. The fourth-order valence-electron chi connectivity index (χ4n) is 1.28. The summed E-state index contributed by atoms with van der Waals surface area (Å²) in [6.07, 6.45) is 0. The van der Waals surface area contributed by atoms with Crippen molar-refractivity contribution in [2.75, 3.05) is 11.9 Å². The zero-order chi connectivity index (χ0) is 12.8. The third kappa shape index (κ3) is 5.13. The Morgan fingerprint density at radius 2 is 1.88 bits per heavy atom. The number of benzene rings is 1. The zero-order valence-corrected chi connectivity index (χ0v) is 11.3. The number of aliphatic carboxylic acids is 1. The maximum absolute atomic E-state index is 10.7. The molecule has 0 heterocycles. The van der Waals surface area contributed by atoms with E-state index in [0.717, 1.165) is 5.69 Å². The lowest BCUT2D eigenvalue weighted by Crippen LogP contribution is -2.19. The van der Waals surface area contributed by atoms with Crippen molar-refractivity contribution in [1.29, 1.82) is 0 Å². The van der Waals surface area contributed by atoms with Crippen LogP contribution in [0.3, 0.4) is 0 Å². The molecular weight excluding hydrogens is 234 g/mol. The Morgan fingerprint density at radius 3 is 2.35 bits per heavy atom. The van der Waals surface area contributed by atoms with Gasteiger partial charge < -0.3 is 10.4 Å². The maximum Gasteiger partial charge on any atom is 0.308 e. The maximum atomic E-state index is 10.7. The molecule has 0 spiro atoms. The van der Waals surface area contributed by atoms with Crippen LogP contribution in [0.2, 0.25) is 0 Å². The summed E-state index contributed by atoms with van der Waals surface area (Å²) in [7, 11) is 0. The van der Waals surface area contributed by atoms with Crippen LogP contribution in [0.4, 0.5) is 5.69 Å². The van der Waals surface area contributed by atoms with Crippen LogP contribution in [0.1, 0.15) is 20.8 Å². The Bertz CT molecular complexity index is 362. The molecule has 1 aromatic carbocycles. The van der Waals surface area contributed by atoms with Crippen molar-refractivity contribution >= 4 is 23.4 Å². The largest absolute Gasteiger partial charge is 0.481 e. The van der Waals surface area contributed by atoms with Gasteiger partial charge in [-0.25, -0.2) is 0 Å². The number of carbonyl (C=O) groups is 1. The first-order valence-electron chi connectivity index (χ1n) is 5.72. The number of hydrogen-bond acceptors (Lipinski definition) is 3. The Hall–Kier alpha value is -1.16. The molecule has 0 amide bonds. The van der Waals surface area contributed by atoms with Gasteiger partial charge >= 0.3 is 5.97 Å². The fourth-order valence-corrected chi connectivity index (χ4v) is 2.12. The zero-order valence-electron chi connectivity index (χ0n) is 10.4. The van der Waals surface area contributed by atoms with Crippen LogP contribution in [-0.2, 0) is 4.79 Å². The van der Waals surface area contributed by atoms with E-state index in [1.807, 2.05) is 23.9 Å². The number of nitrogens with one attached hydrogen (secondary N) is 1. The second kappa shape index (κ2) is 6.55. The van der Waals surface area contributed by atoms with E-state index in [1.165, 1.54) is 4.90 Å². The van der Waals surface area contributed by atoms with Crippen molar-refractivity contribution in [1.82, 2.24) is 0 Å². The highest BCUT2D eigenvalue weighted by Gasteiger charge is 2.09. The smallest absolute Gasteiger partial charge is 0.308 e. The van der Waals surface area contributed by atoms with Crippen molar-refractivity contribution in [3.8, 4) is 0 Å². The number of rotatable bonds is 6. The van der Waals surface area contributed by atoms with E-state index in [9.17, 15) is 4.79 Å². The summed E-state index contributed by atoms with van der Waals surface area (Å²) in [6, 6.07) is 8.08. The topological polar surface area (TPSA) is 49.3 Å². The van der Waals surface area contributed by atoms with Crippen LogP contribution in [0.15, 0.2) is 29.2 Å². The molecule has 2 N–H and O–H groups in total. The van der Waals surface area contributed by atoms with Gasteiger partial charge in [0.25, 0.3) is 0 Å². The molecule has 0 fully saturated rings. The highest BCUT2D eigenvalue weighted by molar-refractivity contribution is 7.99. The predicted molar refractivity (Wildman–Crippen MR) is 72.7 cm³/mol. The van der Waals surface area contributed by atoms with Crippen molar-refractivity contribution in [2.24, 2.45) is 5.92 Å². The molecule has 0 radical (unpaired) electrons. The first-order chi connectivity index (χ1) is 7.99. The normalized spacial score (nSPS) is 12.5. The van der Waals surface area contributed by atoms with Crippen molar-refractivity contribution in [3.63, 3.8) is 0 Å². The highest BCUT2D eigenvalue weighted by atomic mass is 32.2. The van der Waals surface area contributed by atoms with Gasteiger partial charge in [-0.2, -0.15) is 0 Å². The molecule has 1 rings (SSSR count). The molecule has 0 aliphatic carbocycles. The van der Waals surface area contributed by atoms with Gasteiger partial charge in [0.05, 0.1) is 5.92 Å². The molecule has 3 nitrogen and oxygen atoms in total. The molecule has 0 bridgehead atoms. The van der Waals surface area contributed by atoms with E-state index < -0.39 is 5.97 Å². The molecule has 0 aliphatic heterocycles. The van der Waals surface area contributed by atoms with Crippen LogP contribution >= 0.6 is 11.8 Å². The first-order valence-corrected chi connectivity index (χ1v) is 6.60. The Balaban J connectivity index is 2.48. The average molecular weight is 253 g/mol. The molecule has 17 heavy (non-hydrogen) atoms. The minimum atomic E-state index is -0.774. The summed E-state index contributed by atoms with van der Waals surface area (Å²) < 4.78 is 0. The van der Waals surface area contributed by atoms with E-state index in [-0.39, 0.29) is 5.92 Å². The summed E-state index contributed by atoms with van der Waals surface area (Å²) in [5, 5.41) is 12.4. The lowest BCUT2D eigenvalue weighted by atomic mass is 10.2. The molecule has 1 aromatic rings. The molecule has 94 valence electrons. The minimum absolute atomic E-state index is 0.375. The number of carboxylic acid groups (broad SMARTS) is 1. The van der Waals surface area contributed by atoms with Gasteiger partial charge in [-0.05, 0) is 24.3 Å². The van der Waals surface area contributed by atoms with Gasteiger partial charge in [-0.15, -0.1) is 11.8 Å². The average Bonchev–Trinajstić information content (AvgIpc) is 2.26. The van der Waals surface area contributed by atoms with Crippen molar-refractivity contribution in [2.45, 2.75) is 30.9 Å². The second-order valence-electron chi connectivity index (χ2n) is 4.31. The van der Waals surface area contributed by atoms with Crippen molar-refractivity contribution < 1.29 is 9.90 Å². The van der Waals surface area contributed by atoms with E-state index in [2.05, 4.69) is 31.3 Å². The molecule has 1 unspecified atom stereocenters. The Kier molecular flexibility index (Phi) is 5.35. The second-order valence-corrected chi connectivity index (χ2v) is 5.96. The number of hydrogen-bond donors (Lipinski definition) is 2. The van der Waals surface area contributed by atoms with Gasteiger partial charge in [0.1, 0.15) is 0 Å². The predicted octanol–water partition coefficient (Wildman–Crippen LogP) is 3.32. The molecule has 0 aromatic heterocycles. The van der Waals surface area contributed by atoms with Gasteiger partial charge in [-0.3, -0.25) is 4.79 Å². The lowest BCUT2D eigenvalue weighted by Gasteiger charge is -2.10. The van der Waals surface area contributed by atoms with E-state index in [4.69, 9.17) is 5.11 Å². The summed E-state index contributed by atoms with van der Waals surface area (Å²) in [5.74, 6) is -1.15. The Labute approximate surface area is 107 Å². The van der Waals surface area contributed by atoms with E-state index in [1.54, 1.807) is 6.92 Å². The summed E-state index contributed by atoms with van der Waals surface area (Å²) in [6.45, 7) is 6.46. The van der Waals surface area contributed by atoms with Crippen LogP contribution in [-0.4, -0.2) is 22.9 Å². The van der Waals surface area contributed by atoms with E-state index in [0.29, 0.717) is 11.8 Å². The number of carboxylic acids is 1. The Morgan fingerprint density at radius 1 is 1.29 bits per heavy atom. The van der Waals surface area contributed by atoms with Gasteiger partial charge in [0.2, 0.25) is 0 Å². The van der Waals surface area contributed by atoms with Crippen LogP contribution < -0.4 is 5.32 Å². The third-order valence-corrected chi connectivity index (χ3v) is 3.28. The van der Waals surface area contributed by atoms with Gasteiger partial charge in [-0.1, -0.05) is 20.8 Å². The standard InChI is InChI=1S/C13H19NO2S/c1-9(2)17-12-6-4-11(5-7-12)14-8-10(3)13(15)16/h4-7,9-10,14H,8H2,1-3H3,(H,15,16). The van der Waals surface area contributed by atoms with E-state index >= 15 is 0 Å². The van der Waals surface area contributed by atoms with Crippen LogP contribution in [0.25, 0.3) is 0 Å². The van der Waals surface area contributed by atoms with Crippen molar-refractivity contribution in [3.05, 3.63) is 24.3 Å². The van der Waals surface area contributed by atoms with Gasteiger partial charge in [0, 0.05) is 22.4 Å². The molecule has 0 aliphatic rings. The van der Waals surface area contributed by atoms with Crippen LogP contribution in [0.5, 0.6) is 0 Å².